The highest BCUT2D eigenvalue weighted by Crippen LogP contribution is 2.54. The van der Waals surface area contributed by atoms with Gasteiger partial charge in [-0.25, -0.2) is 0 Å². The summed E-state index contributed by atoms with van der Waals surface area (Å²) in [6, 6.07) is 52.7. The van der Waals surface area contributed by atoms with E-state index in [4.69, 9.17) is 0 Å². The number of hydrogen-bond donors (Lipinski definition) is 2. The Labute approximate surface area is 284 Å². The quantitative estimate of drug-likeness (QED) is 0.204. The first kappa shape index (κ1) is 27.2. The van der Waals surface area contributed by atoms with Gasteiger partial charge in [0, 0.05) is 0 Å². The first-order valence-corrected chi connectivity index (χ1v) is 17.0. The molecular formula is C47H30O2. The molecule has 8 aromatic carbocycles. The highest BCUT2D eigenvalue weighted by molar-refractivity contribution is 6.20. The second-order valence-corrected chi connectivity index (χ2v) is 13.8. The van der Waals surface area contributed by atoms with Crippen molar-refractivity contribution < 1.29 is 10.2 Å². The summed E-state index contributed by atoms with van der Waals surface area (Å²) in [5.74, 6) is 0. The molecule has 0 saturated carbocycles. The lowest BCUT2D eigenvalue weighted by atomic mass is 9.78. The maximum absolute atomic E-state index is 11.2. The van der Waals surface area contributed by atoms with Gasteiger partial charge in [-0.1, -0.05) is 133 Å². The topological polar surface area (TPSA) is 40.5 Å². The summed E-state index contributed by atoms with van der Waals surface area (Å²) in [5, 5.41) is 27.4. The molecule has 0 fully saturated rings. The number of rotatable bonds is 4. The van der Waals surface area contributed by atoms with Crippen molar-refractivity contribution in [1.29, 1.82) is 0 Å². The molecule has 2 heteroatoms. The van der Waals surface area contributed by atoms with Crippen LogP contribution < -0.4 is 0 Å². The van der Waals surface area contributed by atoms with Crippen LogP contribution in [0.25, 0.3) is 99.4 Å². The molecular weight excluding hydrogens is 597 g/mol. The molecule has 11 rings (SSSR count). The maximum atomic E-state index is 11.2. The van der Waals surface area contributed by atoms with Crippen molar-refractivity contribution in [2.45, 2.75) is 5.41 Å². The Kier molecular flexibility index (Phi) is 5.35. The van der Waals surface area contributed by atoms with E-state index in [0.29, 0.717) is 0 Å². The van der Waals surface area contributed by atoms with E-state index in [9.17, 15) is 10.2 Å². The Bertz CT molecular complexity index is 2500. The van der Waals surface area contributed by atoms with E-state index < -0.39 is 5.41 Å². The van der Waals surface area contributed by atoms with Gasteiger partial charge in [-0.3, -0.25) is 0 Å². The van der Waals surface area contributed by atoms with E-state index in [1.54, 1.807) is 0 Å². The minimum atomic E-state index is -0.924. The summed E-state index contributed by atoms with van der Waals surface area (Å²) in [4.78, 5) is 0. The van der Waals surface area contributed by atoms with Gasteiger partial charge >= 0.3 is 0 Å². The molecule has 0 aromatic heterocycles. The van der Waals surface area contributed by atoms with Crippen molar-refractivity contribution in [3.63, 3.8) is 0 Å². The Hall–Kier alpha value is -5.80. The van der Waals surface area contributed by atoms with Gasteiger partial charge in [-0.05, 0) is 123 Å². The summed E-state index contributed by atoms with van der Waals surface area (Å²) >= 11 is 0. The van der Waals surface area contributed by atoms with Crippen molar-refractivity contribution >= 4 is 21.5 Å². The fourth-order valence-electron chi connectivity index (χ4n) is 9.34. The highest BCUT2D eigenvalue weighted by atomic mass is 16.3. The van der Waals surface area contributed by atoms with Crippen LogP contribution in [0.4, 0.5) is 0 Å². The number of aliphatic hydroxyl groups is 2. The van der Waals surface area contributed by atoms with E-state index in [1.807, 2.05) is 0 Å². The first-order chi connectivity index (χ1) is 24.2. The Morgan fingerprint density at radius 2 is 0.673 bits per heavy atom. The second kappa shape index (κ2) is 9.64. The number of hydrogen-bond acceptors (Lipinski definition) is 2. The van der Waals surface area contributed by atoms with Crippen molar-refractivity contribution in [2.24, 2.45) is 0 Å². The van der Waals surface area contributed by atoms with Gasteiger partial charge in [0.1, 0.15) is 0 Å². The van der Waals surface area contributed by atoms with Gasteiger partial charge in [-0.2, -0.15) is 0 Å². The molecule has 0 amide bonds. The van der Waals surface area contributed by atoms with E-state index in [2.05, 4.69) is 146 Å². The SMILES string of the molecule is OCC1(CO)c2cc(-c3ccc4c5c(cccc35)-c3ccccc3-4)ccc2-c2ccc(-c3ccc4c5c(cccc35)-c3ccccc3-4)cc21. The molecule has 0 radical (unpaired) electrons. The van der Waals surface area contributed by atoms with Gasteiger partial charge in [0.25, 0.3) is 0 Å². The maximum Gasteiger partial charge on any atom is 0.0676 e. The number of benzene rings is 8. The van der Waals surface area contributed by atoms with Crippen LogP contribution in [0.1, 0.15) is 11.1 Å². The van der Waals surface area contributed by atoms with Gasteiger partial charge in [0.05, 0.1) is 18.6 Å². The third kappa shape index (κ3) is 3.37. The molecule has 2 N–H and O–H groups in total. The van der Waals surface area contributed by atoms with Crippen LogP contribution in [0.15, 0.2) is 146 Å². The molecule has 230 valence electrons. The van der Waals surface area contributed by atoms with Crippen LogP contribution in [0.2, 0.25) is 0 Å². The largest absolute Gasteiger partial charge is 0.395 e. The van der Waals surface area contributed by atoms with Gasteiger partial charge in [0.15, 0.2) is 0 Å². The van der Waals surface area contributed by atoms with E-state index in [1.165, 1.54) is 66.1 Å². The van der Waals surface area contributed by atoms with Crippen LogP contribution in [0, 0.1) is 0 Å². The first-order valence-electron chi connectivity index (χ1n) is 17.0. The molecule has 0 aliphatic heterocycles. The lowest BCUT2D eigenvalue weighted by Crippen LogP contribution is -2.34. The fourth-order valence-corrected chi connectivity index (χ4v) is 9.34. The molecule has 3 aliphatic carbocycles. The molecule has 2 nitrogen and oxygen atoms in total. The standard InChI is InChI=1S/C47H30O2/c48-25-47(26-49)43-23-27(29-19-21-41-33-9-3-1-7-31(33)39-13-5-11-37(29)45(39)41)15-17-35(43)36-18-16-28(24-44(36)47)30-20-22-42-34-10-4-2-8-32(34)40-14-6-12-38(30)46(40)42/h1-24,48-49H,25-26H2. The minimum Gasteiger partial charge on any atom is -0.395 e. The van der Waals surface area contributed by atoms with Crippen LogP contribution in [-0.2, 0) is 5.41 Å². The molecule has 0 spiro atoms. The van der Waals surface area contributed by atoms with Crippen molar-refractivity contribution in [1.82, 2.24) is 0 Å². The van der Waals surface area contributed by atoms with Crippen LogP contribution in [0.3, 0.4) is 0 Å². The van der Waals surface area contributed by atoms with E-state index in [-0.39, 0.29) is 13.2 Å². The van der Waals surface area contributed by atoms with Crippen LogP contribution in [0.5, 0.6) is 0 Å². The third-order valence-corrected chi connectivity index (χ3v) is 11.6. The zero-order chi connectivity index (χ0) is 32.4. The molecule has 0 bridgehead atoms. The monoisotopic (exact) mass is 626 g/mol. The molecule has 0 saturated heterocycles. The number of aliphatic hydroxyl groups excluding tert-OH is 2. The summed E-state index contributed by atoms with van der Waals surface area (Å²) in [6.45, 7) is -0.372. The average molecular weight is 627 g/mol. The molecule has 49 heavy (non-hydrogen) atoms. The highest BCUT2D eigenvalue weighted by Gasteiger charge is 2.43. The minimum absolute atomic E-state index is 0.186. The van der Waals surface area contributed by atoms with Gasteiger partial charge in [-0.15, -0.1) is 0 Å². The molecule has 8 aromatic rings. The zero-order valence-corrected chi connectivity index (χ0v) is 26.7. The second-order valence-electron chi connectivity index (χ2n) is 13.8. The normalized spacial score (nSPS) is 13.8. The van der Waals surface area contributed by atoms with E-state index >= 15 is 0 Å². The molecule has 0 unspecified atom stereocenters. The smallest absolute Gasteiger partial charge is 0.0676 e. The van der Waals surface area contributed by atoms with Crippen molar-refractivity contribution in [2.75, 3.05) is 13.2 Å². The zero-order valence-electron chi connectivity index (χ0n) is 26.7. The number of fused-ring (bicyclic) bond motifs is 9. The molecule has 0 heterocycles. The summed E-state index contributed by atoms with van der Waals surface area (Å²) < 4.78 is 0. The lowest BCUT2D eigenvalue weighted by Gasteiger charge is -2.28. The van der Waals surface area contributed by atoms with Gasteiger partial charge in [0.2, 0.25) is 0 Å². The van der Waals surface area contributed by atoms with Crippen molar-refractivity contribution in [3.05, 3.63) is 157 Å². The van der Waals surface area contributed by atoms with Crippen LogP contribution >= 0.6 is 0 Å². The Balaban J connectivity index is 1.07. The predicted octanol–water partition coefficient (Wildman–Crippen LogP) is 10.9. The van der Waals surface area contributed by atoms with Gasteiger partial charge < -0.3 is 10.2 Å². The van der Waals surface area contributed by atoms with E-state index in [0.717, 1.165) is 44.5 Å². The molecule has 3 aliphatic rings. The fraction of sp³-hybridized carbons (Fsp3) is 0.0638. The lowest BCUT2D eigenvalue weighted by molar-refractivity contribution is 0.146. The Morgan fingerprint density at radius 3 is 1.08 bits per heavy atom. The summed E-state index contributed by atoms with van der Waals surface area (Å²) in [6.07, 6.45) is 0. The van der Waals surface area contributed by atoms with Crippen molar-refractivity contribution in [3.8, 4) is 77.9 Å². The predicted molar refractivity (Wildman–Crippen MR) is 202 cm³/mol. The Morgan fingerprint density at radius 1 is 0.327 bits per heavy atom. The molecule has 0 atom stereocenters. The summed E-state index contributed by atoms with van der Waals surface area (Å²) in [7, 11) is 0. The third-order valence-electron chi connectivity index (χ3n) is 11.6. The summed E-state index contributed by atoms with van der Waals surface area (Å²) in [5.41, 5.74) is 17.9. The average Bonchev–Trinajstić information content (AvgIpc) is 3.77. The van der Waals surface area contributed by atoms with Crippen LogP contribution in [-0.4, -0.2) is 23.4 Å².